The highest BCUT2D eigenvalue weighted by molar-refractivity contribution is 4.26. The molecule has 50 valence electrons. The Morgan fingerprint density at radius 2 is 2.12 bits per heavy atom. The molecule has 0 saturated carbocycles. The SMILES string of the molecule is CCO[NH+]([O-])C(C)C. The summed E-state index contributed by atoms with van der Waals surface area (Å²) in [5.74, 6) is 0. The molecule has 0 spiro atoms. The maximum absolute atomic E-state index is 10.5. The van der Waals surface area contributed by atoms with Crippen molar-refractivity contribution in [1.82, 2.24) is 0 Å². The summed E-state index contributed by atoms with van der Waals surface area (Å²) in [5, 5.41) is 10.4. The molecule has 1 N–H and O–H groups in total. The van der Waals surface area contributed by atoms with Crippen molar-refractivity contribution in [2.45, 2.75) is 26.8 Å². The van der Waals surface area contributed by atoms with Crippen LogP contribution in [0, 0.1) is 5.21 Å². The maximum atomic E-state index is 10.5. The van der Waals surface area contributed by atoms with Crippen molar-refractivity contribution in [2.75, 3.05) is 6.61 Å². The van der Waals surface area contributed by atoms with E-state index in [-0.39, 0.29) is 11.3 Å². The smallest absolute Gasteiger partial charge is 0.111 e. The number of rotatable bonds is 3. The van der Waals surface area contributed by atoms with Crippen LogP contribution in [0.3, 0.4) is 0 Å². The van der Waals surface area contributed by atoms with E-state index in [1.165, 1.54) is 0 Å². The number of hydroxylamine groups is 2. The molecule has 0 aromatic rings. The lowest BCUT2D eigenvalue weighted by atomic mass is 10.4. The second kappa shape index (κ2) is 3.83. The Hall–Kier alpha value is -0.120. The maximum Gasteiger partial charge on any atom is 0.111 e. The van der Waals surface area contributed by atoms with E-state index in [2.05, 4.69) is 4.84 Å². The van der Waals surface area contributed by atoms with E-state index < -0.39 is 0 Å². The molecular formula is C5H13NO2. The standard InChI is InChI=1S/C5H13NO2/c1-4-8-6(7)5(2)3/h5-6H,4H2,1-3H3. The minimum absolute atomic E-state index is 0.00921. The van der Waals surface area contributed by atoms with Gasteiger partial charge in [-0.15, -0.1) is 0 Å². The number of nitrogens with one attached hydrogen (secondary N) is 1. The molecule has 0 rings (SSSR count). The zero-order chi connectivity index (χ0) is 6.57. The number of hydrogen-bond acceptors (Lipinski definition) is 2. The third kappa shape index (κ3) is 2.96. The average Bonchev–Trinajstić information content (AvgIpc) is 1.67. The van der Waals surface area contributed by atoms with E-state index in [0.29, 0.717) is 6.61 Å². The summed E-state index contributed by atoms with van der Waals surface area (Å²) in [4.78, 5) is 4.66. The lowest BCUT2D eigenvalue weighted by molar-refractivity contribution is -1.07. The molecule has 0 aliphatic carbocycles. The molecule has 0 bridgehead atoms. The van der Waals surface area contributed by atoms with Crippen LogP contribution in [-0.2, 0) is 4.84 Å². The zero-order valence-electron chi connectivity index (χ0n) is 5.60. The molecule has 3 nitrogen and oxygen atoms in total. The highest BCUT2D eigenvalue weighted by Gasteiger charge is 1.99. The van der Waals surface area contributed by atoms with E-state index in [1.54, 1.807) is 6.92 Å². The summed E-state index contributed by atoms with van der Waals surface area (Å²) in [6, 6.07) is 0.00921. The van der Waals surface area contributed by atoms with E-state index in [4.69, 9.17) is 0 Å². The van der Waals surface area contributed by atoms with Gasteiger partial charge in [-0.3, -0.25) is 0 Å². The molecule has 0 saturated heterocycles. The Bertz CT molecular complexity index is 56.4. The van der Waals surface area contributed by atoms with Crippen molar-refractivity contribution in [3.05, 3.63) is 5.21 Å². The van der Waals surface area contributed by atoms with Gasteiger partial charge in [0.1, 0.15) is 12.6 Å². The van der Waals surface area contributed by atoms with Gasteiger partial charge in [-0.25, -0.2) is 10.1 Å². The fourth-order valence-corrected chi connectivity index (χ4v) is 0.309. The summed E-state index contributed by atoms with van der Waals surface area (Å²) in [6.45, 7) is 5.92. The van der Waals surface area contributed by atoms with Crippen LogP contribution in [-0.4, -0.2) is 12.6 Å². The fraction of sp³-hybridized carbons (Fsp3) is 1.00. The summed E-state index contributed by atoms with van der Waals surface area (Å²) >= 11 is 0. The number of hydrogen-bond donors (Lipinski definition) is 1. The van der Waals surface area contributed by atoms with E-state index in [1.807, 2.05) is 13.8 Å². The lowest BCUT2D eigenvalue weighted by Gasteiger charge is -2.22. The summed E-state index contributed by atoms with van der Waals surface area (Å²) in [6.07, 6.45) is 0. The Morgan fingerprint density at radius 1 is 1.62 bits per heavy atom. The third-order valence-corrected chi connectivity index (χ3v) is 0.758. The molecule has 0 amide bonds. The highest BCUT2D eigenvalue weighted by Crippen LogP contribution is 1.66. The van der Waals surface area contributed by atoms with Crippen molar-refractivity contribution >= 4 is 0 Å². The first kappa shape index (κ1) is 7.88. The molecule has 1 atom stereocenters. The van der Waals surface area contributed by atoms with Gasteiger partial charge in [0, 0.05) is 0 Å². The minimum Gasteiger partial charge on any atom is -0.600 e. The van der Waals surface area contributed by atoms with Crippen LogP contribution in [0.5, 0.6) is 0 Å². The van der Waals surface area contributed by atoms with Gasteiger partial charge < -0.3 is 5.21 Å². The minimum atomic E-state index is -0.118. The van der Waals surface area contributed by atoms with Crippen molar-refractivity contribution in [2.24, 2.45) is 0 Å². The van der Waals surface area contributed by atoms with Gasteiger partial charge in [-0.1, -0.05) is 0 Å². The monoisotopic (exact) mass is 119 g/mol. The predicted molar refractivity (Wildman–Crippen MR) is 31.1 cm³/mol. The Balaban J connectivity index is 3.17. The van der Waals surface area contributed by atoms with Crippen LogP contribution in [0.4, 0.5) is 0 Å². The van der Waals surface area contributed by atoms with Gasteiger partial charge in [0.25, 0.3) is 0 Å². The van der Waals surface area contributed by atoms with Gasteiger partial charge in [0.2, 0.25) is 0 Å². The van der Waals surface area contributed by atoms with Crippen LogP contribution in [0.15, 0.2) is 0 Å². The first-order chi connectivity index (χ1) is 3.68. The molecule has 1 unspecified atom stereocenters. The Labute approximate surface area is 49.8 Å². The van der Waals surface area contributed by atoms with Gasteiger partial charge in [-0.2, -0.15) is 0 Å². The van der Waals surface area contributed by atoms with Crippen LogP contribution >= 0.6 is 0 Å². The lowest BCUT2D eigenvalue weighted by Crippen LogP contribution is -3.09. The average molecular weight is 119 g/mol. The predicted octanol–water partition coefficient (Wildman–Crippen LogP) is -0.271. The van der Waals surface area contributed by atoms with Crippen LogP contribution in [0.2, 0.25) is 0 Å². The fourth-order valence-electron chi connectivity index (χ4n) is 0.309. The molecular weight excluding hydrogens is 106 g/mol. The molecule has 0 aliphatic rings. The normalized spacial score (nSPS) is 14.6. The van der Waals surface area contributed by atoms with Crippen molar-refractivity contribution in [1.29, 1.82) is 0 Å². The summed E-state index contributed by atoms with van der Waals surface area (Å²) < 4.78 is 0. The van der Waals surface area contributed by atoms with Crippen molar-refractivity contribution < 1.29 is 10.1 Å². The van der Waals surface area contributed by atoms with E-state index in [9.17, 15) is 5.21 Å². The summed E-state index contributed by atoms with van der Waals surface area (Å²) in [5.41, 5.74) is 0. The molecule has 0 fully saturated rings. The molecule has 0 heterocycles. The first-order valence-corrected chi connectivity index (χ1v) is 2.85. The van der Waals surface area contributed by atoms with Gasteiger partial charge in [0.05, 0.1) is 0 Å². The zero-order valence-corrected chi connectivity index (χ0v) is 5.60. The Morgan fingerprint density at radius 3 is 2.25 bits per heavy atom. The Kier molecular flexibility index (Phi) is 3.77. The van der Waals surface area contributed by atoms with Crippen molar-refractivity contribution in [3.63, 3.8) is 0 Å². The third-order valence-electron chi connectivity index (χ3n) is 0.758. The summed E-state index contributed by atoms with van der Waals surface area (Å²) in [7, 11) is 0. The molecule has 0 radical (unpaired) electrons. The largest absolute Gasteiger partial charge is 0.600 e. The van der Waals surface area contributed by atoms with Gasteiger partial charge in [0.15, 0.2) is 0 Å². The molecule has 0 aromatic heterocycles. The van der Waals surface area contributed by atoms with E-state index >= 15 is 0 Å². The van der Waals surface area contributed by atoms with Crippen LogP contribution < -0.4 is 5.23 Å². The topological polar surface area (TPSA) is 36.7 Å². The first-order valence-electron chi connectivity index (χ1n) is 2.85. The van der Waals surface area contributed by atoms with Crippen LogP contribution in [0.25, 0.3) is 0 Å². The number of quaternary nitrogens is 1. The molecule has 3 heteroatoms. The quantitative estimate of drug-likeness (QED) is 0.519. The molecule has 0 aliphatic heterocycles. The second-order valence-corrected chi connectivity index (χ2v) is 1.91. The van der Waals surface area contributed by atoms with Gasteiger partial charge >= 0.3 is 0 Å². The van der Waals surface area contributed by atoms with Crippen LogP contribution in [0.1, 0.15) is 20.8 Å². The van der Waals surface area contributed by atoms with E-state index in [0.717, 1.165) is 0 Å². The second-order valence-electron chi connectivity index (χ2n) is 1.91. The molecule has 8 heavy (non-hydrogen) atoms. The highest BCUT2D eigenvalue weighted by atomic mass is 16.9. The van der Waals surface area contributed by atoms with Gasteiger partial charge in [-0.05, 0) is 20.8 Å². The molecule has 0 aromatic carbocycles. The van der Waals surface area contributed by atoms with Crippen molar-refractivity contribution in [3.8, 4) is 0 Å².